The summed E-state index contributed by atoms with van der Waals surface area (Å²) in [4.78, 5) is 15.9. The number of carbonyl (C=O) groups excluding carboxylic acids is 1. The van der Waals surface area contributed by atoms with Gasteiger partial charge in [0.05, 0.1) is 10.2 Å². The van der Waals surface area contributed by atoms with Gasteiger partial charge in [-0.3, -0.25) is 10.2 Å². The molecule has 0 spiro atoms. The minimum absolute atomic E-state index is 0.0536. The maximum Gasteiger partial charge on any atom is 0.224 e. The third kappa shape index (κ3) is 2.96. The summed E-state index contributed by atoms with van der Waals surface area (Å²) < 4.78 is 0.997. The van der Waals surface area contributed by atoms with Crippen molar-refractivity contribution in [3.63, 3.8) is 0 Å². The molecule has 5 nitrogen and oxygen atoms in total. The highest BCUT2D eigenvalue weighted by molar-refractivity contribution is 7.22. The highest BCUT2D eigenvalue weighted by atomic mass is 32.1. The average Bonchev–Trinajstić information content (AvgIpc) is 2.78. The molecular formula is C12H16N4OS. The number of nitrogens with zero attached hydrogens (tertiary/aromatic N) is 1. The molecule has 0 bridgehead atoms. The van der Waals surface area contributed by atoms with E-state index >= 15 is 0 Å². The minimum Gasteiger partial charge on any atom is -0.326 e. The van der Waals surface area contributed by atoms with Gasteiger partial charge in [-0.2, -0.15) is 0 Å². The summed E-state index contributed by atoms with van der Waals surface area (Å²) in [7, 11) is 0. The lowest BCUT2D eigenvalue weighted by molar-refractivity contribution is -0.116. The summed E-state index contributed by atoms with van der Waals surface area (Å²) in [5, 5.41) is 3.55. The lowest BCUT2D eigenvalue weighted by atomic mass is 10.2. The predicted octanol–water partition coefficient (Wildman–Crippen LogP) is 2.71. The van der Waals surface area contributed by atoms with E-state index in [9.17, 15) is 4.79 Å². The number of unbranched alkanes of at least 4 members (excludes halogenated alkanes) is 1. The number of thiazole rings is 1. The van der Waals surface area contributed by atoms with Gasteiger partial charge in [-0.05, 0) is 24.6 Å². The number of hydrogen-bond donors (Lipinski definition) is 3. The lowest BCUT2D eigenvalue weighted by Gasteiger charge is -2.04. The van der Waals surface area contributed by atoms with Crippen LogP contribution in [0.4, 0.5) is 10.8 Å². The van der Waals surface area contributed by atoms with Gasteiger partial charge in [-0.1, -0.05) is 24.7 Å². The summed E-state index contributed by atoms with van der Waals surface area (Å²) in [6.45, 7) is 2.07. The van der Waals surface area contributed by atoms with Gasteiger partial charge in [0.15, 0.2) is 5.13 Å². The van der Waals surface area contributed by atoms with Gasteiger partial charge < -0.3 is 5.32 Å². The maximum atomic E-state index is 11.6. The lowest BCUT2D eigenvalue weighted by Crippen LogP contribution is -2.10. The first kappa shape index (κ1) is 12.8. The number of anilines is 2. The first-order valence-electron chi connectivity index (χ1n) is 5.90. The molecule has 0 saturated heterocycles. The molecule has 0 fully saturated rings. The molecule has 1 aromatic heterocycles. The molecule has 1 amide bonds. The van der Waals surface area contributed by atoms with Crippen LogP contribution in [-0.4, -0.2) is 10.9 Å². The van der Waals surface area contributed by atoms with E-state index in [0.717, 1.165) is 28.7 Å². The second kappa shape index (κ2) is 5.79. The standard InChI is InChI=1S/C12H16N4OS/c1-2-3-4-11(17)14-8-5-6-9-10(7-8)18-12(15-9)16-13/h5-7H,2-4,13H2,1H3,(H,14,17)(H,15,16). The molecule has 0 aliphatic rings. The normalized spacial score (nSPS) is 10.6. The number of carbonyl (C=O) groups is 1. The van der Waals surface area contributed by atoms with E-state index in [1.165, 1.54) is 11.3 Å². The van der Waals surface area contributed by atoms with Gasteiger partial charge >= 0.3 is 0 Å². The van der Waals surface area contributed by atoms with E-state index in [2.05, 4.69) is 22.7 Å². The fourth-order valence-corrected chi connectivity index (χ4v) is 2.44. The van der Waals surface area contributed by atoms with Crippen LogP contribution in [0.25, 0.3) is 10.2 Å². The number of nitrogen functional groups attached to an aromatic ring is 1. The van der Waals surface area contributed by atoms with Crippen LogP contribution < -0.4 is 16.6 Å². The van der Waals surface area contributed by atoms with Crippen LogP contribution in [-0.2, 0) is 4.79 Å². The van der Waals surface area contributed by atoms with E-state index in [0.29, 0.717) is 11.6 Å². The number of hydrogen-bond acceptors (Lipinski definition) is 5. The molecule has 0 saturated carbocycles. The van der Waals surface area contributed by atoms with Crippen LogP contribution in [0.2, 0.25) is 0 Å². The Morgan fingerprint density at radius 1 is 1.50 bits per heavy atom. The third-order valence-electron chi connectivity index (χ3n) is 2.55. The van der Waals surface area contributed by atoms with Crippen molar-refractivity contribution in [2.75, 3.05) is 10.7 Å². The molecule has 18 heavy (non-hydrogen) atoms. The van der Waals surface area contributed by atoms with Crippen molar-refractivity contribution in [3.05, 3.63) is 18.2 Å². The molecule has 0 unspecified atom stereocenters. The second-order valence-electron chi connectivity index (χ2n) is 4.00. The van der Waals surface area contributed by atoms with E-state index in [4.69, 9.17) is 5.84 Å². The van der Waals surface area contributed by atoms with E-state index in [-0.39, 0.29) is 5.91 Å². The number of amides is 1. The zero-order valence-electron chi connectivity index (χ0n) is 10.2. The van der Waals surface area contributed by atoms with E-state index in [1.54, 1.807) is 0 Å². The number of aromatic nitrogens is 1. The molecular weight excluding hydrogens is 248 g/mol. The van der Waals surface area contributed by atoms with Gasteiger partial charge in [0, 0.05) is 12.1 Å². The number of hydrazine groups is 1. The fraction of sp³-hybridized carbons (Fsp3) is 0.333. The van der Waals surface area contributed by atoms with Crippen LogP contribution in [0.5, 0.6) is 0 Å². The number of nitrogens with one attached hydrogen (secondary N) is 2. The van der Waals surface area contributed by atoms with Crippen molar-refractivity contribution in [1.82, 2.24) is 4.98 Å². The Morgan fingerprint density at radius 3 is 3.06 bits per heavy atom. The molecule has 1 aromatic carbocycles. The molecule has 96 valence electrons. The monoisotopic (exact) mass is 264 g/mol. The van der Waals surface area contributed by atoms with Crippen molar-refractivity contribution < 1.29 is 4.79 Å². The number of rotatable bonds is 5. The van der Waals surface area contributed by atoms with E-state index < -0.39 is 0 Å². The number of benzene rings is 1. The number of fused-ring (bicyclic) bond motifs is 1. The molecule has 0 radical (unpaired) electrons. The van der Waals surface area contributed by atoms with E-state index in [1.807, 2.05) is 18.2 Å². The largest absolute Gasteiger partial charge is 0.326 e. The van der Waals surface area contributed by atoms with Gasteiger partial charge in [0.25, 0.3) is 0 Å². The first-order valence-corrected chi connectivity index (χ1v) is 6.71. The average molecular weight is 264 g/mol. The molecule has 1 heterocycles. The smallest absolute Gasteiger partial charge is 0.224 e. The van der Waals surface area contributed by atoms with Gasteiger partial charge in [-0.15, -0.1) is 0 Å². The highest BCUT2D eigenvalue weighted by Gasteiger charge is 2.05. The summed E-state index contributed by atoms with van der Waals surface area (Å²) in [5.41, 5.74) is 4.20. The molecule has 2 rings (SSSR count). The second-order valence-corrected chi connectivity index (χ2v) is 5.03. The van der Waals surface area contributed by atoms with Crippen molar-refractivity contribution in [1.29, 1.82) is 0 Å². The summed E-state index contributed by atoms with van der Waals surface area (Å²) in [5.74, 6) is 5.37. The molecule has 0 aliphatic carbocycles. The summed E-state index contributed by atoms with van der Waals surface area (Å²) in [6.07, 6.45) is 2.50. The Balaban J connectivity index is 2.11. The zero-order valence-corrected chi connectivity index (χ0v) is 11.0. The maximum absolute atomic E-state index is 11.6. The van der Waals surface area contributed by atoms with Crippen LogP contribution >= 0.6 is 11.3 Å². The van der Waals surface area contributed by atoms with Gasteiger partial charge in [-0.25, -0.2) is 10.8 Å². The van der Waals surface area contributed by atoms with Crippen LogP contribution in [0.3, 0.4) is 0 Å². The quantitative estimate of drug-likeness (QED) is 0.573. The number of nitrogens with two attached hydrogens (primary N) is 1. The molecule has 0 aliphatic heterocycles. The van der Waals surface area contributed by atoms with Gasteiger partial charge in [0.2, 0.25) is 5.91 Å². The summed E-state index contributed by atoms with van der Waals surface area (Å²) >= 11 is 1.46. The Hall–Kier alpha value is -1.66. The molecule has 4 N–H and O–H groups in total. The Kier molecular flexibility index (Phi) is 4.11. The van der Waals surface area contributed by atoms with Crippen molar-refractivity contribution in [2.45, 2.75) is 26.2 Å². The van der Waals surface area contributed by atoms with Crippen LogP contribution in [0.1, 0.15) is 26.2 Å². The van der Waals surface area contributed by atoms with Crippen LogP contribution in [0, 0.1) is 0 Å². The minimum atomic E-state index is 0.0536. The molecule has 0 atom stereocenters. The molecule has 6 heteroatoms. The van der Waals surface area contributed by atoms with Crippen LogP contribution in [0.15, 0.2) is 18.2 Å². The molecule has 2 aromatic rings. The summed E-state index contributed by atoms with van der Waals surface area (Å²) in [6, 6.07) is 5.64. The first-order chi connectivity index (χ1) is 8.72. The Labute approximate surface area is 109 Å². The zero-order chi connectivity index (χ0) is 13.0. The Bertz CT molecular complexity index is 552. The van der Waals surface area contributed by atoms with Gasteiger partial charge in [0.1, 0.15) is 0 Å². The van der Waals surface area contributed by atoms with Crippen molar-refractivity contribution in [3.8, 4) is 0 Å². The van der Waals surface area contributed by atoms with Crippen molar-refractivity contribution >= 4 is 38.3 Å². The van der Waals surface area contributed by atoms with Crippen molar-refractivity contribution in [2.24, 2.45) is 5.84 Å². The SMILES string of the molecule is CCCCC(=O)Nc1ccc2nc(NN)sc2c1. The highest BCUT2D eigenvalue weighted by Crippen LogP contribution is 2.27. The fourth-order valence-electron chi connectivity index (χ4n) is 1.62. The predicted molar refractivity (Wildman–Crippen MR) is 75.6 cm³/mol. The topological polar surface area (TPSA) is 80.0 Å². The Morgan fingerprint density at radius 2 is 2.33 bits per heavy atom. The third-order valence-corrected chi connectivity index (χ3v) is 3.50.